The summed E-state index contributed by atoms with van der Waals surface area (Å²) in [4.78, 5) is 8.54. The van der Waals surface area contributed by atoms with Crippen LogP contribution in [0.2, 0.25) is 0 Å². The normalized spacial score (nSPS) is 18.1. The zero-order valence-electron chi connectivity index (χ0n) is 11.2. The van der Waals surface area contributed by atoms with Gasteiger partial charge in [-0.15, -0.1) is 0 Å². The highest BCUT2D eigenvalue weighted by atomic mass is 15.2. The van der Waals surface area contributed by atoms with E-state index in [0.717, 1.165) is 30.3 Å². The Hall–Kier alpha value is -2.36. The molecule has 4 nitrogen and oxygen atoms in total. The maximum Gasteiger partial charge on any atom is 0.201 e. The number of aromatic nitrogens is 3. The van der Waals surface area contributed by atoms with Gasteiger partial charge >= 0.3 is 0 Å². The van der Waals surface area contributed by atoms with Gasteiger partial charge in [-0.1, -0.05) is 24.3 Å². The molecule has 0 amide bonds. The van der Waals surface area contributed by atoms with Gasteiger partial charge in [0.2, 0.25) is 5.95 Å². The lowest BCUT2D eigenvalue weighted by Gasteiger charge is -2.26. The molecule has 4 rings (SSSR count). The van der Waals surface area contributed by atoms with Crippen molar-refractivity contribution >= 4 is 17.0 Å². The smallest absolute Gasteiger partial charge is 0.201 e. The maximum atomic E-state index is 6.13. The number of benzene rings is 1. The van der Waals surface area contributed by atoms with Gasteiger partial charge in [-0.2, -0.15) is 0 Å². The van der Waals surface area contributed by atoms with E-state index in [1.54, 1.807) is 12.4 Å². The van der Waals surface area contributed by atoms with Gasteiger partial charge in [0, 0.05) is 12.2 Å². The van der Waals surface area contributed by atoms with Crippen LogP contribution in [-0.2, 0) is 12.8 Å². The number of pyridine rings is 1. The van der Waals surface area contributed by atoms with Crippen molar-refractivity contribution in [2.75, 3.05) is 5.73 Å². The first-order valence-electron chi connectivity index (χ1n) is 6.97. The lowest BCUT2D eigenvalue weighted by atomic mass is 9.88. The molecule has 0 bridgehead atoms. The van der Waals surface area contributed by atoms with E-state index < -0.39 is 0 Å². The Morgan fingerprint density at radius 3 is 2.90 bits per heavy atom. The maximum absolute atomic E-state index is 6.13. The lowest BCUT2D eigenvalue weighted by Crippen LogP contribution is -2.20. The Bertz CT molecular complexity index is 775. The predicted molar refractivity (Wildman–Crippen MR) is 79.4 cm³/mol. The fourth-order valence-corrected chi connectivity index (χ4v) is 3.25. The van der Waals surface area contributed by atoms with Crippen LogP contribution in [-0.4, -0.2) is 14.5 Å². The Morgan fingerprint density at radius 1 is 1.15 bits per heavy atom. The van der Waals surface area contributed by atoms with Gasteiger partial charge in [-0.05, 0) is 36.5 Å². The molecule has 1 atom stereocenters. The number of imidazole rings is 1. The van der Waals surface area contributed by atoms with Gasteiger partial charge in [0.15, 0.2) is 0 Å². The van der Waals surface area contributed by atoms with Crippen LogP contribution in [0.1, 0.15) is 23.6 Å². The minimum Gasteiger partial charge on any atom is -0.369 e. The van der Waals surface area contributed by atoms with Crippen molar-refractivity contribution in [1.29, 1.82) is 0 Å². The number of aryl methyl sites for hydroxylation is 1. The average molecular weight is 264 g/mol. The lowest BCUT2D eigenvalue weighted by molar-refractivity contribution is 0.457. The topological polar surface area (TPSA) is 56.7 Å². The summed E-state index contributed by atoms with van der Waals surface area (Å²) >= 11 is 0. The van der Waals surface area contributed by atoms with Crippen molar-refractivity contribution in [3.63, 3.8) is 0 Å². The molecular formula is C16H16N4. The van der Waals surface area contributed by atoms with Crippen molar-refractivity contribution in [2.24, 2.45) is 0 Å². The minimum absolute atomic E-state index is 0.386. The molecule has 1 aliphatic carbocycles. The first-order valence-corrected chi connectivity index (χ1v) is 6.97. The molecule has 20 heavy (non-hydrogen) atoms. The molecule has 1 unspecified atom stereocenters. The summed E-state index contributed by atoms with van der Waals surface area (Å²) in [5, 5.41) is 0. The molecule has 1 aromatic carbocycles. The second kappa shape index (κ2) is 4.34. The number of nitrogen functional groups attached to an aromatic ring is 1. The van der Waals surface area contributed by atoms with E-state index in [9.17, 15) is 0 Å². The van der Waals surface area contributed by atoms with E-state index in [4.69, 9.17) is 5.73 Å². The Labute approximate surface area is 117 Å². The molecule has 3 aromatic rings. The van der Waals surface area contributed by atoms with Gasteiger partial charge < -0.3 is 10.3 Å². The highest BCUT2D eigenvalue weighted by Crippen LogP contribution is 2.32. The van der Waals surface area contributed by atoms with E-state index >= 15 is 0 Å². The molecule has 0 spiro atoms. The monoisotopic (exact) mass is 264 g/mol. The molecule has 0 saturated carbocycles. The summed E-state index contributed by atoms with van der Waals surface area (Å²) in [6, 6.07) is 11.1. The largest absolute Gasteiger partial charge is 0.369 e. The second-order valence-corrected chi connectivity index (χ2v) is 5.37. The van der Waals surface area contributed by atoms with E-state index in [-0.39, 0.29) is 0 Å². The van der Waals surface area contributed by atoms with Crippen LogP contribution in [0, 0.1) is 0 Å². The summed E-state index contributed by atoms with van der Waals surface area (Å²) in [6.45, 7) is 0. The Morgan fingerprint density at radius 2 is 2.00 bits per heavy atom. The van der Waals surface area contributed by atoms with Crippen LogP contribution in [0.5, 0.6) is 0 Å². The van der Waals surface area contributed by atoms with Crippen LogP contribution in [0.4, 0.5) is 5.95 Å². The molecule has 1 aliphatic rings. The van der Waals surface area contributed by atoms with E-state index in [2.05, 4.69) is 38.8 Å². The van der Waals surface area contributed by atoms with Crippen LogP contribution >= 0.6 is 0 Å². The van der Waals surface area contributed by atoms with Crippen LogP contribution < -0.4 is 5.73 Å². The SMILES string of the molecule is Nc1nc2cnccc2n1C1CCc2ccccc2C1. The molecule has 2 heterocycles. The first kappa shape index (κ1) is 11.5. The second-order valence-electron chi connectivity index (χ2n) is 5.37. The van der Waals surface area contributed by atoms with Crippen LogP contribution in [0.15, 0.2) is 42.7 Å². The predicted octanol–water partition coefficient (Wildman–Crippen LogP) is 2.74. The standard InChI is InChI=1S/C16H16N4/c17-16-19-14-10-18-8-7-15(14)20(16)13-6-5-11-3-1-2-4-12(11)9-13/h1-4,7-8,10,13H,5-6,9H2,(H2,17,19). The van der Waals surface area contributed by atoms with Crippen molar-refractivity contribution in [3.05, 3.63) is 53.9 Å². The number of hydrogen-bond donors (Lipinski definition) is 1. The van der Waals surface area contributed by atoms with E-state index in [1.165, 1.54) is 11.1 Å². The first-order chi connectivity index (χ1) is 9.83. The number of nitrogens with zero attached hydrogens (tertiary/aromatic N) is 3. The van der Waals surface area contributed by atoms with Crippen LogP contribution in [0.25, 0.3) is 11.0 Å². The molecular weight excluding hydrogens is 248 g/mol. The number of nitrogens with two attached hydrogens (primary N) is 1. The molecule has 0 radical (unpaired) electrons. The average Bonchev–Trinajstić information content (AvgIpc) is 2.82. The highest BCUT2D eigenvalue weighted by molar-refractivity contribution is 5.77. The number of rotatable bonds is 1. The van der Waals surface area contributed by atoms with Gasteiger partial charge in [0.25, 0.3) is 0 Å². The zero-order valence-corrected chi connectivity index (χ0v) is 11.2. The quantitative estimate of drug-likeness (QED) is 0.735. The summed E-state index contributed by atoms with van der Waals surface area (Å²) in [5.74, 6) is 0.595. The third kappa shape index (κ3) is 1.68. The molecule has 0 saturated heterocycles. The summed E-state index contributed by atoms with van der Waals surface area (Å²) in [7, 11) is 0. The van der Waals surface area contributed by atoms with E-state index in [1.807, 2.05) is 6.07 Å². The van der Waals surface area contributed by atoms with Gasteiger partial charge in [-0.25, -0.2) is 4.98 Å². The van der Waals surface area contributed by atoms with Gasteiger partial charge in [-0.3, -0.25) is 4.98 Å². The number of hydrogen-bond acceptors (Lipinski definition) is 3. The van der Waals surface area contributed by atoms with Crippen molar-refractivity contribution < 1.29 is 0 Å². The number of anilines is 1. The van der Waals surface area contributed by atoms with Crippen molar-refractivity contribution in [1.82, 2.24) is 14.5 Å². The van der Waals surface area contributed by atoms with Crippen molar-refractivity contribution in [2.45, 2.75) is 25.3 Å². The number of fused-ring (bicyclic) bond motifs is 2. The fourth-order valence-electron chi connectivity index (χ4n) is 3.25. The molecule has 2 N–H and O–H groups in total. The Balaban J connectivity index is 1.80. The molecule has 4 heteroatoms. The van der Waals surface area contributed by atoms with Gasteiger partial charge in [0.1, 0.15) is 5.52 Å². The molecule has 100 valence electrons. The fraction of sp³-hybridized carbons (Fsp3) is 0.250. The van der Waals surface area contributed by atoms with Crippen LogP contribution in [0.3, 0.4) is 0 Å². The summed E-state index contributed by atoms with van der Waals surface area (Å²) < 4.78 is 2.17. The van der Waals surface area contributed by atoms with Crippen molar-refractivity contribution in [3.8, 4) is 0 Å². The summed E-state index contributed by atoms with van der Waals surface area (Å²) in [5.41, 5.74) is 11.0. The Kier molecular flexibility index (Phi) is 2.49. The minimum atomic E-state index is 0.386. The van der Waals surface area contributed by atoms with E-state index in [0.29, 0.717) is 12.0 Å². The summed E-state index contributed by atoms with van der Waals surface area (Å²) in [6.07, 6.45) is 6.81. The third-order valence-electron chi connectivity index (χ3n) is 4.21. The zero-order chi connectivity index (χ0) is 13.5. The third-order valence-corrected chi connectivity index (χ3v) is 4.21. The molecule has 2 aromatic heterocycles. The highest BCUT2D eigenvalue weighted by Gasteiger charge is 2.23. The molecule has 0 aliphatic heterocycles. The van der Waals surface area contributed by atoms with Gasteiger partial charge in [0.05, 0.1) is 11.7 Å². The molecule has 0 fully saturated rings.